The Morgan fingerprint density at radius 1 is 1.11 bits per heavy atom. The molecule has 4 nitrogen and oxygen atoms in total. The summed E-state index contributed by atoms with van der Waals surface area (Å²) in [7, 11) is 1.86. The van der Waals surface area contributed by atoms with Gasteiger partial charge < -0.3 is 9.64 Å². The van der Waals surface area contributed by atoms with Crippen LogP contribution in [-0.2, 0) is 4.74 Å². The van der Waals surface area contributed by atoms with Crippen molar-refractivity contribution in [1.82, 2.24) is 9.88 Å². The first-order valence-electron chi connectivity index (χ1n) is 9.25. The molecule has 2 aromatic carbocycles. The number of carbonyl (C=O) groups excluding carboxylic acids is 1. The number of hydrogen-bond acceptors (Lipinski definition) is 3. The second-order valence-electron chi connectivity index (χ2n) is 7.87. The number of benzene rings is 2. The van der Waals surface area contributed by atoms with Gasteiger partial charge in [-0.3, -0.25) is 9.78 Å². The fourth-order valence-electron chi connectivity index (χ4n) is 3.71. The molecule has 0 spiro atoms. The highest BCUT2D eigenvalue weighted by atomic mass is 16.5. The number of rotatable bonds is 4. The highest BCUT2D eigenvalue weighted by molar-refractivity contribution is 5.97. The fraction of sp³-hybridized carbons (Fsp3) is 0.304. The van der Waals surface area contributed by atoms with E-state index in [1.807, 2.05) is 56.4 Å². The second-order valence-corrected chi connectivity index (χ2v) is 7.87. The number of hydrogen-bond donors (Lipinski definition) is 0. The monoisotopic (exact) mass is 360 g/mol. The molecule has 1 saturated heterocycles. The average Bonchev–Trinajstić information content (AvgIpc) is 2.65. The predicted molar refractivity (Wildman–Crippen MR) is 108 cm³/mol. The van der Waals surface area contributed by atoms with Crippen LogP contribution >= 0.6 is 0 Å². The molecule has 0 aliphatic carbocycles. The van der Waals surface area contributed by atoms with Crippen molar-refractivity contribution < 1.29 is 9.53 Å². The highest BCUT2D eigenvalue weighted by Crippen LogP contribution is 2.29. The molecular weight excluding hydrogens is 336 g/mol. The molecule has 0 atom stereocenters. The Hall–Kier alpha value is -2.72. The van der Waals surface area contributed by atoms with Gasteiger partial charge in [-0.25, -0.2) is 0 Å². The van der Waals surface area contributed by atoms with Gasteiger partial charge in [0.2, 0.25) is 0 Å². The first kappa shape index (κ1) is 17.7. The maximum absolute atomic E-state index is 12.7. The summed E-state index contributed by atoms with van der Waals surface area (Å²) in [5, 5.41) is 1.12. The number of aromatic nitrogens is 1. The zero-order valence-corrected chi connectivity index (χ0v) is 16.0. The van der Waals surface area contributed by atoms with E-state index >= 15 is 0 Å². The lowest BCUT2D eigenvalue weighted by atomic mass is 9.88. The van der Waals surface area contributed by atoms with Gasteiger partial charge in [-0.2, -0.15) is 0 Å². The quantitative estimate of drug-likeness (QED) is 0.696. The Morgan fingerprint density at radius 3 is 2.52 bits per heavy atom. The maximum Gasteiger partial charge on any atom is 0.253 e. The van der Waals surface area contributed by atoms with Gasteiger partial charge in [0.25, 0.3) is 5.91 Å². The number of nitrogens with zero attached hydrogens (tertiary/aromatic N) is 2. The smallest absolute Gasteiger partial charge is 0.253 e. The summed E-state index contributed by atoms with van der Waals surface area (Å²) in [6.45, 7) is 6.30. The van der Waals surface area contributed by atoms with Gasteiger partial charge in [-0.15, -0.1) is 0 Å². The molecule has 0 N–H and O–H groups in total. The van der Waals surface area contributed by atoms with Crippen LogP contribution in [0.5, 0.6) is 0 Å². The first-order valence-corrected chi connectivity index (χ1v) is 9.25. The summed E-state index contributed by atoms with van der Waals surface area (Å²) < 4.78 is 5.29. The summed E-state index contributed by atoms with van der Waals surface area (Å²) in [6.07, 6.45) is 0. The summed E-state index contributed by atoms with van der Waals surface area (Å²) in [4.78, 5) is 19.1. The molecule has 27 heavy (non-hydrogen) atoms. The largest absolute Gasteiger partial charge is 0.380 e. The Kier molecular flexibility index (Phi) is 4.44. The summed E-state index contributed by atoms with van der Waals surface area (Å²) in [5.74, 6) is 0.0462. The van der Waals surface area contributed by atoms with Gasteiger partial charge in [0, 0.05) is 35.7 Å². The van der Waals surface area contributed by atoms with Gasteiger partial charge in [-0.1, -0.05) is 37.3 Å². The summed E-state index contributed by atoms with van der Waals surface area (Å²) in [5.41, 5.74) is 5.01. The van der Waals surface area contributed by atoms with Crippen molar-refractivity contribution >= 4 is 16.8 Å². The van der Waals surface area contributed by atoms with E-state index in [0.29, 0.717) is 12.1 Å². The topological polar surface area (TPSA) is 42.4 Å². The van der Waals surface area contributed by atoms with Gasteiger partial charge in [0.15, 0.2) is 0 Å². The molecule has 4 heteroatoms. The molecule has 1 aromatic heterocycles. The minimum atomic E-state index is 0.0462. The van der Waals surface area contributed by atoms with Gasteiger partial charge in [-0.05, 0) is 42.3 Å². The van der Waals surface area contributed by atoms with E-state index in [9.17, 15) is 4.79 Å². The number of carbonyl (C=O) groups is 1. The van der Waals surface area contributed by atoms with Crippen molar-refractivity contribution in [2.45, 2.75) is 13.8 Å². The van der Waals surface area contributed by atoms with E-state index < -0.39 is 0 Å². The van der Waals surface area contributed by atoms with E-state index in [1.165, 1.54) is 0 Å². The molecule has 1 aliphatic rings. The number of pyridine rings is 1. The van der Waals surface area contributed by atoms with Gasteiger partial charge in [0.1, 0.15) is 0 Å². The molecule has 0 radical (unpaired) electrons. The minimum absolute atomic E-state index is 0.0462. The normalized spacial score (nSPS) is 15.4. The standard InChI is InChI=1S/C23H24N2O2/c1-16-7-12-20-19(5-4-6-21(20)24-16)17-8-10-18(11-9-17)22(26)25(3)13-23(2)14-27-15-23/h4-12H,13-15H2,1-3H3. The van der Waals surface area contributed by atoms with Crippen LogP contribution in [0.1, 0.15) is 23.0 Å². The van der Waals surface area contributed by atoms with E-state index in [1.54, 1.807) is 4.90 Å². The van der Waals surface area contributed by atoms with E-state index in [4.69, 9.17) is 4.74 Å². The maximum atomic E-state index is 12.7. The molecule has 0 bridgehead atoms. The molecule has 2 heterocycles. The third kappa shape index (κ3) is 3.45. The van der Waals surface area contributed by atoms with E-state index in [2.05, 4.69) is 24.0 Å². The van der Waals surface area contributed by atoms with Crippen molar-refractivity contribution in [3.63, 3.8) is 0 Å². The van der Waals surface area contributed by atoms with Crippen LogP contribution in [0.4, 0.5) is 0 Å². The predicted octanol–water partition coefficient (Wildman–Crippen LogP) is 4.32. The Balaban J connectivity index is 1.58. The summed E-state index contributed by atoms with van der Waals surface area (Å²) >= 11 is 0. The van der Waals surface area contributed by atoms with Crippen molar-refractivity contribution in [2.24, 2.45) is 5.41 Å². The lowest BCUT2D eigenvalue weighted by Crippen LogP contribution is -2.49. The van der Waals surface area contributed by atoms with Crippen LogP contribution < -0.4 is 0 Å². The van der Waals surface area contributed by atoms with Crippen molar-refractivity contribution in [3.05, 3.63) is 65.9 Å². The number of aryl methyl sites for hydroxylation is 1. The molecule has 4 rings (SSSR count). The molecule has 138 valence electrons. The molecule has 3 aromatic rings. The lowest BCUT2D eigenvalue weighted by Gasteiger charge is -2.40. The van der Waals surface area contributed by atoms with Crippen LogP contribution in [0, 0.1) is 12.3 Å². The van der Waals surface area contributed by atoms with E-state index in [-0.39, 0.29) is 11.3 Å². The first-order chi connectivity index (χ1) is 13.0. The Morgan fingerprint density at radius 2 is 1.85 bits per heavy atom. The van der Waals surface area contributed by atoms with Crippen LogP contribution in [0.15, 0.2) is 54.6 Å². The summed E-state index contributed by atoms with van der Waals surface area (Å²) in [6, 6.07) is 18.2. The Bertz CT molecular complexity index is 991. The molecular formula is C23H24N2O2. The van der Waals surface area contributed by atoms with Crippen molar-refractivity contribution in [3.8, 4) is 11.1 Å². The third-order valence-corrected chi connectivity index (χ3v) is 5.18. The SMILES string of the molecule is Cc1ccc2c(-c3ccc(C(=O)N(C)CC4(C)COC4)cc3)cccc2n1. The molecule has 1 fully saturated rings. The zero-order chi connectivity index (χ0) is 19.0. The average molecular weight is 360 g/mol. The number of ether oxygens (including phenoxy) is 1. The molecule has 0 unspecified atom stereocenters. The van der Waals surface area contributed by atoms with Crippen LogP contribution in [0.3, 0.4) is 0 Å². The molecule has 1 amide bonds. The molecule has 1 aliphatic heterocycles. The lowest BCUT2D eigenvalue weighted by molar-refractivity contribution is -0.109. The van der Waals surface area contributed by atoms with Crippen LogP contribution in [-0.4, -0.2) is 42.6 Å². The zero-order valence-electron chi connectivity index (χ0n) is 16.0. The van der Waals surface area contributed by atoms with Crippen molar-refractivity contribution in [2.75, 3.05) is 26.8 Å². The number of fused-ring (bicyclic) bond motifs is 1. The van der Waals surface area contributed by atoms with Gasteiger partial charge in [0.05, 0.1) is 18.7 Å². The second kappa shape index (κ2) is 6.78. The molecule has 0 saturated carbocycles. The van der Waals surface area contributed by atoms with E-state index in [0.717, 1.165) is 40.9 Å². The Labute approximate surface area is 159 Å². The van der Waals surface area contributed by atoms with Crippen LogP contribution in [0.25, 0.3) is 22.0 Å². The fourth-order valence-corrected chi connectivity index (χ4v) is 3.71. The van der Waals surface area contributed by atoms with Crippen molar-refractivity contribution in [1.29, 1.82) is 0 Å². The third-order valence-electron chi connectivity index (χ3n) is 5.18. The minimum Gasteiger partial charge on any atom is -0.380 e. The van der Waals surface area contributed by atoms with Gasteiger partial charge >= 0.3 is 0 Å². The highest BCUT2D eigenvalue weighted by Gasteiger charge is 2.35. The van der Waals surface area contributed by atoms with Crippen LogP contribution in [0.2, 0.25) is 0 Å². The number of amides is 1.